The Morgan fingerprint density at radius 2 is 2.22 bits per heavy atom. The van der Waals surface area contributed by atoms with Gasteiger partial charge in [-0.15, -0.1) is 0 Å². The van der Waals surface area contributed by atoms with Crippen molar-refractivity contribution in [3.8, 4) is 0 Å². The van der Waals surface area contributed by atoms with Gasteiger partial charge in [-0.3, -0.25) is 4.98 Å². The van der Waals surface area contributed by atoms with Crippen molar-refractivity contribution in [2.45, 2.75) is 26.0 Å². The second-order valence-electron chi connectivity index (χ2n) is 4.30. The van der Waals surface area contributed by atoms with Crippen molar-refractivity contribution in [3.63, 3.8) is 0 Å². The van der Waals surface area contributed by atoms with Gasteiger partial charge in [-0.05, 0) is 24.6 Å². The first kappa shape index (κ1) is 12.9. The molecule has 1 unspecified atom stereocenters. The van der Waals surface area contributed by atoms with Crippen molar-refractivity contribution in [2.75, 3.05) is 6.54 Å². The Morgan fingerprint density at radius 3 is 3.00 bits per heavy atom. The number of aliphatic hydroxyl groups excluding tert-OH is 1. The van der Waals surface area contributed by atoms with Crippen LogP contribution in [0.2, 0.25) is 0 Å². The Bertz CT molecular complexity index is 530. The number of pyridine rings is 1. The number of hydrogen-bond donors (Lipinski definition) is 2. The van der Waals surface area contributed by atoms with Crippen molar-refractivity contribution in [1.82, 2.24) is 10.3 Å². The van der Waals surface area contributed by atoms with Gasteiger partial charge in [-0.2, -0.15) is 0 Å². The summed E-state index contributed by atoms with van der Waals surface area (Å²) in [5.41, 5.74) is 1.26. The van der Waals surface area contributed by atoms with E-state index in [1.807, 2.05) is 13.0 Å². The Hall–Kier alpha value is -1.52. The highest BCUT2D eigenvalue weighted by Gasteiger charge is 2.08. The fraction of sp³-hybridized carbons (Fsp3) is 0.357. The summed E-state index contributed by atoms with van der Waals surface area (Å²) >= 11 is 0. The Labute approximate surface area is 106 Å². The van der Waals surface area contributed by atoms with Crippen LogP contribution in [0.25, 0.3) is 10.9 Å². The van der Waals surface area contributed by atoms with E-state index >= 15 is 0 Å². The summed E-state index contributed by atoms with van der Waals surface area (Å²) in [7, 11) is 0. The van der Waals surface area contributed by atoms with Gasteiger partial charge in [0.25, 0.3) is 0 Å². The van der Waals surface area contributed by atoms with Crippen LogP contribution in [0, 0.1) is 5.82 Å². The van der Waals surface area contributed by atoms with Crippen LogP contribution in [-0.4, -0.2) is 22.7 Å². The lowest BCUT2D eigenvalue weighted by molar-refractivity contribution is 0.167. The number of aromatic nitrogens is 1. The molecule has 0 saturated carbocycles. The van der Waals surface area contributed by atoms with Gasteiger partial charge in [-0.1, -0.05) is 13.0 Å². The fourth-order valence-corrected chi connectivity index (χ4v) is 1.82. The van der Waals surface area contributed by atoms with E-state index < -0.39 is 0 Å². The van der Waals surface area contributed by atoms with Gasteiger partial charge in [0.1, 0.15) is 5.82 Å². The molecule has 0 saturated heterocycles. The average molecular weight is 248 g/mol. The molecule has 4 heteroatoms. The number of hydrogen-bond acceptors (Lipinski definition) is 3. The number of nitrogens with one attached hydrogen (secondary N) is 1. The monoisotopic (exact) mass is 248 g/mol. The topological polar surface area (TPSA) is 45.1 Å². The highest BCUT2D eigenvalue weighted by molar-refractivity contribution is 5.79. The quantitative estimate of drug-likeness (QED) is 0.853. The predicted molar refractivity (Wildman–Crippen MR) is 69.7 cm³/mol. The summed E-state index contributed by atoms with van der Waals surface area (Å²) in [6.45, 7) is 2.80. The highest BCUT2D eigenvalue weighted by atomic mass is 19.1. The van der Waals surface area contributed by atoms with Crippen molar-refractivity contribution in [2.24, 2.45) is 0 Å². The number of fused-ring (bicyclic) bond motifs is 1. The summed E-state index contributed by atoms with van der Waals surface area (Å²) in [4.78, 5) is 4.10. The molecular formula is C14H17FN2O. The highest BCUT2D eigenvalue weighted by Crippen LogP contribution is 2.18. The van der Waals surface area contributed by atoms with E-state index in [9.17, 15) is 9.50 Å². The van der Waals surface area contributed by atoms with Crippen LogP contribution in [0.4, 0.5) is 4.39 Å². The third-order valence-electron chi connectivity index (χ3n) is 2.97. The summed E-state index contributed by atoms with van der Waals surface area (Å²) in [5, 5.41) is 13.0. The van der Waals surface area contributed by atoms with E-state index in [1.54, 1.807) is 24.4 Å². The molecule has 2 rings (SSSR count). The number of nitrogens with zero attached hydrogens (tertiary/aromatic N) is 1. The van der Waals surface area contributed by atoms with Crippen molar-refractivity contribution in [1.29, 1.82) is 0 Å². The number of aliphatic hydroxyl groups is 1. The molecule has 18 heavy (non-hydrogen) atoms. The largest absolute Gasteiger partial charge is 0.392 e. The second kappa shape index (κ2) is 5.89. The van der Waals surface area contributed by atoms with Crippen LogP contribution in [-0.2, 0) is 6.54 Å². The lowest BCUT2D eigenvalue weighted by Crippen LogP contribution is -2.26. The molecule has 96 valence electrons. The van der Waals surface area contributed by atoms with Crippen molar-refractivity contribution in [3.05, 3.63) is 41.8 Å². The van der Waals surface area contributed by atoms with Gasteiger partial charge in [0.2, 0.25) is 0 Å². The van der Waals surface area contributed by atoms with Crippen LogP contribution in [0.1, 0.15) is 18.9 Å². The first-order chi connectivity index (χ1) is 8.72. The van der Waals surface area contributed by atoms with E-state index in [-0.39, 0.29) is 11.9 Å². The van der Waals surface area contributed by atoms with E-state index in [0.29, 0.717) is 36.0 Å². The average Bonchev–Trinajstić information content (AvgIpc) is 2.41. The summed E-state index contributed by atoms with van der Waals surface area (Å²) in [5.74, 6) is -0.237. The summed E-state index contributed by atoms with van der Waals surface area (Å²) < 4.78 is 14.1. The number of rotatable bonds is 5. The fourth-order valence-electron chi connectivity index (χ4n) is 1.82. The number of benzene rings is 1. The zero-order valence-electron chi connectivity index (χ0n) is 10.4. The Morgan fingerprint density at radius 1 is 1.39 bits per heavy atom. The van der Waals surface area contributed by atoms with E-state index in [2.05, 4.69) is 10.3 Å². The molecule has 1 aromatic heterocycles. The van der Waals surface area contributed by atoms with Crippen LogP contribution < -0.4 is 5.32 Å². The molecule has 0 aliphatic heterocycles. The van der Waals surface area contributed by atoms with Crippen LogP contribution >= 0.6 is 0 Å². The van der Waals surface area contributed by atoms with Gasteiger partial charge in [0, 0.05) is 30.2 Å². The molecular weight excluding hydrogens is 231 g/mol. The lowest BCUT2D eigenvalue weighted by Gasteiger charge is -2.10. The maximum Gasteiger partial charge on any atom is 0.137 e. The smallest absolute Gasteiger partial charge is 0.137 e. The summed E-state index contributed by atoms with van der Waals surface area (Å²) in [6, 6.07) is 6.99. The van der Waals surface area contributed by atoms with E-state index in [4.69, 9.17) is 0 Å². The van der Waals surface area contributed by atoms with Crippen molar-refractivity contribution >= 4 is 10.9 Å². The van der Waals surface area contributed by atoms with E-state index in [1.165, 1.54) is 0 Å². The minimum absolute atomic E-state index is 0.237. The maximum absolute atomic E-state index is 14.1. The van der Waals surface area contributed by atoms with Gasteiger partial charge >= 0.3 is 0 Å². The van der Waals surface area contributed by atoms with Gasteiger partial charge < -0.3 is 10.4 Å². The third-order valence-corrected chi connectivity index (χ3v) is 2.97. The molecule has 3 nitrogen and oxygen atoms in total. The SMILES string of the molecule is CCC(O)CNCc1ccc2ncccc2c1F. The molecule has 0 aliphatic carbocycles. The predicted octanol–water partition coefficient (Wildman–Crippen LogP) is 2.23. The van der Waals surface area contributed by atoms with Gasteiger partial charge in [0.05, 0.1) is 11.6 Å². The molecule has 0 radical (unpaired) electrons. The zero-order valence-corrected chi connectivity index (χ0v) is 10.4. The van der Waals surface area contributed by atoms with Gasteiger partial charge in [-0.25, -0.2) is 4.39 Å². The maximum atomic E-state index is 14.1. The van der Waals surface area contributed by atoms with Crippen LogP contribution in [0.5, 0.6) is 0 Å². The standard InChI is InChI=1S/C14H17FN2O/c1-2-11(18)9-16-8-10-5-6-13-12(14(10)15)4-3-7-17-13/h3-7,11,16,18H,2,8-9H2,1H3. The molecule has 2 N–H and O–H groups in total. The second-order valence-corrected chi connectivity index (χ2v) is 4.30. The molecule has 0 spiro atoms. The first-order valence-corrected chi connectivity index (χ1v) is 6.13. The molecule has 2 aromatic rings. The number of halogens is 1. The van der Waals surface area contributed by atoms with Gasteiger partial charge in [0.15, 0.2) is 0 Å². The molecule has 0 fully saturated rings. The zero-order chi connectivity index (χ0) is 13.0. The molecule has 0 amide bonds. The van der Waals surface area contributed by atoms with Crippen LogP contribution in [0.15, 0.2) is 30.5 Å². The first-order valence-electron chi connectivity index (χ1n) is 6.13. The molecule has 1 aromatic carbocycles. The lowest BCUT2D eigenvalue weighted by atomic mass is 10.1. The minimum atomic E-state index is -0.379. The Kier molecular flexibility index (Phi) is 4.23. The summed E-state index contributed by atoms with van der Waals surface area (Å²) in [6.07, 6.45) is 1.96. The molecule has 0 bridgehead atoms. The molecule has 1 heterocycles. The molecule has 1 atom stereocenters. The Balaban J connectivity index is 2.12. The normalized spacial score (nSPS) is 12.8. The minimum Gasteiger partial charge on any atom is -0.392 e. The van der Waals surface area contributed by atoms with E-state index in [0.717, 1.165) is 0 Å². The third kappa shape index (κ3) is 2.83. The van der Waals surface area contributed by atoms with Crippen molar-refractivity contribution < 1.29 is 9.50 Å². The molecule has 0 aliphatic rings. The van der Waals surface area contributed by atoms with Crippen LogP contribution in [0.3, 0.4) is 0 Å².